The smallest absolute Gasteiger partial charge is 0.333 e. The van der Waals surface area contributed by atoms with Gasteiger partial charge in [-0.15, -0.1) is 13.2 Å². The van der Waals surface area contributed by atoms with E-state index in [-0.39, 0.29) is 44.2 Å². The van der Waals surface area contributed by atoms with E-state index in [0.29, 0.717) is 33.9 Å². The summed E-state index contributed by atoms with van der Waals surface area (Å²) in [6.07, 6.45) is 1.79. The zero-order valence-electron chi connectivity index (χ0n) is 24.6. The highest BCUT2D eigenvalue weighted by atomic mass is 35.5. The Bertz CT molecular complexity index is 1490. The van der Waals surface area contributed by atoms with Crippen LogP contribution >= 0.6 is 11.6 Å². The van der Waals surface area contributed by atoms with Crippen molar-refractivity contribution in [3.8, 4) is 11.5 Å². The van der Waals surface area contributed by atoms with Crippen LogP contribution in [0, 0.1) is 0 Å². The van der Waals surface area contributed by atoms with Gasteiger partial charge in [0.15, 0.2) is 12.2 Å². The summed E-state index contributed by atoms with van der Waals surface area (Å²) in [5.41, 5.74) is 0.530. The minimum Gasteiger partial charge on any atom is -0.488 e. The van der Waals surface area contributed by atoms with Gasteiger partial charge in [-0.2, -0.15) is 0 Å². The first kappa shape index (κ1) is 33.4. The van der Waals surface area contributed by atoms with E-state index in [4.69, 9.17) is 40.0 Å². The lowest BCUT2D eigenvalue weighted by Gasteiger charge is -2.23. The Kier molecular flexibility index (Phi) is 12.8. The molecule has 0 N–H and O–H groups in total. The maximum Gasteiger partial charge on any atom is 0.333 e. The van der Waals surface area contributed by atoms with Crippen LogP contribution in [0.1, 0.15) is 13.8 Å². The summed E-state index contributed by atoms with van der Waals surface area (Å²) < 4.78 is 34.9. The molecule has 228 valence electrons. The first-order valence-electron chi connectivity index (χ1n) is 13.7. The Balaban J connectivity index is 2.00. The summed E-state index contributed by atoms with van der Waals surface area (Å²) in [6, 6.07) is 12.9. The summed E-state index contributed by atoms with van der Waals surface area (Å²) in [7, 11) is 0. The molecule has 3 aromatic carbocycles. The lowest BCUT2D eigenvalue weighted by molar-refractivity contribution is -0.149. The number of ether oxygens (including phenoxy) is 6. The predicted octanol–water partition coefficient (Wildman–Crippen LogP) is 6.79. The van der Waals surface area contributed by atoms with Crippen molar-refractivity contribution in [3.05, 3.63) is 97.1 Å². The second-order valence-corrected chi connectivity index (χ2v) is 10.2. The lowest BCUT2D eigenvalue weighted by atomic mass is 10.0. The SMILES string of the molecule is C=CCOCC(COc1c2ccccc2c(OCC(COCC=C)OC(=O)C(=C)C)c2cc(Cl)ccc12)OC(=O)C(=C)C. The van der Waals surface area contributed by atoms with E-state index in [1.165, 1.54) is 0 Å². The molecule has 8 nitrogen and oxygen atoms in total. The summed E-state index contributed by atoms with van der Waals surface area (Å²) >= 11 is 6.44. The molecule has 0 saturated heterocycles. The van der Waals surface area contributed by atoms with E-state index < -0.39 is 24.1 Å². The van der Waals surface area contributed by atoms with Crippen LogP contribution in [-0.4, -0.2) is 63.8 Å². The number of rotatable bonds is 18. The molecule has 0 aliphatic rings. The third-order valence-corrected chi connectivity index (χ3v) is 6.27. The summed E-state index contributed by atoms with van der Waals surface area (Å²) in [4.78, 5) is 24.6. The lowest BCUT2D eigenvalue weighted by Crippen LogP contribution is -2.30. The number of hydrogen-bond acceptors (Lipinski definition) is 8. The van der Waals surface area contributed by atoms with Gasteiger partial charge in [0.25, 0.3) is 0 Å². The Morgan fingerprint density at radius 3 is 1.60 bits per heavy atom. The van der Waals surface area contributed by atoms with Crippen LogP contribution in [0.25, 0.3) is 21.5 Å². The number of carbonyl (C=O) groups excluding carboxylic acids is 2. The number of esters is 2. The molecule has 3 rings (SSSR count). The van der Waals surface area contributed by atoms with Gasteiger partial charge >= 0.3 is 11.9 Å². The fourth-order valence-electron chi connectivity index (χ4n) is 4.04. The van der Waals surface area contributed by atoms with Gasteiger partial charge in [-0.05, 0) is 32.0 Å². The Morgan fingerprint density at radius 2 is 1.16 bits per heavy atom. The van der Waals surface area contributed by atoms with Crippen molar-refractivity contribution < 1.29 is 38.0 Å². The molecule has 0 aliphatic carbocycles. The quantitative estimate of drug-likeness (QED) is 0.0513. The second kappa shape index (κ2) is 16.5. The average molecular weight is 609 g/mol. The van der Waals surface area contributed by atoms with E-state index in [9.17, 15) is 9.59 Å². The molecule has 0 aliphatic heterocycles. The van der Waals surface area contributed by atoms with Crippen molar-refractivity contribution in [3.63, 3.8) is 0 Å². The highest BCUT2D eigenvalue weighted by Crippen LogP contribution is 2.43. The molecule has 2 atom stereocenters. The van der Waals surface area contributed by atoms with Crippen LogP contribution in [-0.2, 0) is 28.5 Å². The number of carbonyl (C=O) groups is 2. The van der Waals surface area contributed by atoms with Crippen molar-refractivity contribution in [1.29, 1.82) is 0 Å². The highest BCUT2D eigenvalue weighted by Gasteiger charge is 2.22. The monoisotopic (exact) mass is 608 g/mol. The van der Waals surface area contributed by atoms with Gasteiger partial charge in [-0.25, -0.2) is 9.59 Å². The van der Waals surface area contributed by atoms with E-state index in [1.807, 2.05) is 30.3 Å². The summed E-state index contributed by atoms with van der Waals surface area (Å²) in [6.45, 7) is 18.5. The molecular formula is C34H37ClO8. The molecular weight excluding hydrogens is 572 g/mol. The van der Waals surface area contributed by atoms with E-state index in [0.717, 1.165) is 10.8 Å². The van der Waals surface area contributed by atoms with Crippen LogP contribution in [0.4, 0.5) is 0 Å². The van der Waals surface area contributed by atoms with Crippen LogP contribution in [0.15, 0.2) is 92.1 Å². The molecule has 43 heavy (non-hydrogen) atoms. The molecule has 0 spiro atoms. The van der Waals surface area contributed by atoms with Crippen molar-refractivity contribution >= 4 is 45.1 Å². The minimum absolute atomic E-state index is 0.00153. The first-order chi connectivity index (χ1) is 20.7. The zero-order valence-corrected chi connectivity index (χ0v) is 25.3. The van der Waals surface area contributed by atoms with E-state index in [1.54, 1.807) is 38.1 Å². The summed E-state index contributed by atoms with van der Waals surface area (Å²) in [5.74, 6) is -0.00860. The zero-order chi connectivity index (χ0) is 31.4. The summed E-state index contributed by atoms with van der Waals surface area (Å²) in [5, 5.41) is 3.37. The Labute approximate surface area is 257 Å². The number of benzene rings is 3. The van der Waals surface area contributed by atoms with Crippen molar-refractivity contribution in [2.45, 2.75) is 26.1 Å². The molecule has 0 amide bonds. The number of hydrogen-bond donors (Lipinski definition) is 0. The number of halogens is 1. The van der Waals surface area contributed by atoms with Crippen LogP contribution in [0.3, 0.4) is 0 Å². The van der Waals surface area contributed by atoms with Crippen molar-refractivity contribution in [2.75, 3.05) is 39.6 Å². The Hall–Kier alpha value is -4.11. The van der Waals surface area contributed by atoms with Crippen LogP contribution in [0.2, 0.25) is 5.02 Å². The van der Waals surface area contributed by atoms with Gasteiger partial charge in [-0.3, -0.25) is 0 Å². The molecule has 2 unspecified atom stereocenters. The normalized spacial score (nSPS) is 12.3. The highest BCUT2D eigenvalue weighted by molar-refractivity contribution is 6.31. The second-order valence-electron chi connectivity index (χ2n) is 9.78. The van der Waals surface area contributed by atoms with Crippen LogP contribution < -0.4 is 9.47 Å². The van der Waals surface area contributed by atoms with E-state index in [2.05, 4.69) is 26.3 Å². The molecule has 0 saturated carbocycles. The third-order valence-electron chi connectivity index (χ3n) is 6.04. The largest absolute Gasteiger partial charge is 0.488 e. The van der Waals surface area contributed by atoms with Gasteiger partial charge in [0.1, 0.15) is 24.7 Å². The van der Waals surface area contributed by atoms with Gasteiger partial charge < -0.3 is 28.4 Å². The predicted molar refractivity (Wildman–Crippen MR) is 169 cm³/mol. The van der Waals surface area contributed by atoms with Crippen LogP contribution in [0.5, 0.6) is 11.5 Å². The maximum absolute atomic E-state index is 12.3. The molecule has 3 aromatic rings. The number of fused-ring (bicyclic) bond motifs is 2. The molecule has 0 heterocycles. The van der Waals surface area contributed by atoms with Gasteiger partial charge in [0.2, 0.25) is 0 Å². The maximum atomic E-state index is 12.3. The van der Waals surface area contributed by atoms with Gasteiger partial charge in [0.05, 0.1) is 26.4 Å². The third kappa shape index (κ3) is 9.44. The molecule has 0 fully saturated rings. The molecule has 0 aromatic heterocycles. The van der Waals surface area contributed by atoms with Crippen molar-refractivity contribution in [2.24, 2.45) is 0 Å². The van der Waals surface area contributed by atoms with E-state index >= 15 is 0 Å². The molecule has 0 radical (unpaired) electrons. The molecule has 9 heteroatoms. The minimum atomic E-state index is -0.715. The van der Waals surface area contributed by atoms with Gasteiger partial charge in [0, 0.05) is 37.7 Å². The van der Waals surface area contributed by atoms with Crippen molar-refractivity contribution in [1.82, 2.24) is 0 Å². The van der Waals surface area contributed by atoms with Gasteiger partial charge in [-0.1, -0.05) is 61.2 Å². The first-order valence-corrected chi connectivity index (χ1v) is 14.0. The molecule has 0 bridgehead atoms. The fourth-order valence-corrected chi connectivity index (χ4v) is 4.21. The fraction of sp³-hybridized carbons (Fsp3) is 0.294. The average Bonchev–Trinajstić information content (AvgIpc) is 2.98. The topological polar surface area (TPSA) is 89.5 Å². The standard InChI is InChI=1S/C34H37ClO8/c1-7-15-38-18-25(42-33(36)22(3)4)20-40-31-27-11-9-10-12-28(27)32(30-17-24(35)13-14-29(30)31)41-21-26(19-39-16-8-2)43-34(37)23(5)6/h7-14,17,25-26H,1-3,5,15-16,18-21H2,4,6H3. The Morgan fingerprint density at radius 1 is 0.721 bits per heavy atom.